The monoisotopic (exact) mass is 480 g/mol. The third-order valence-corrected chi connectivity index (χ3v) is 5.31. The molecule has 1 fully saturated rings. The average Bonchev–Trinajstić information content (AvgIpc) is 3.37. The van der Waals surface area contributed by atoms with E-state index in [1.165, 1.54) is 17.0 Å². The zero-order valence-corrected chi connectivity index (χ0v) is 17.1. The lowest BCUT2D eigenvalue weighted by Gasteiger charge is -2.22. The van der Waals surface area contributed by atoms with Crippen LogP contribution in [0, 0.1) is 0 Å². The van der Waals surface area contributed by atoms with E-state index in [-0.39, 0.29) is 5.69 Å². The van der Waals surface area contributed by atoms with Gasteiger partial charge in [0.1, 0.15) is 6.04 Å². The third kappa shape index (κ3) is 4.33. The van der Waals surface area contributed by atoms with E-state index >= 15 is 0 Å². The predicted octanol–water partition coefficient (Wildman–Crippen LogP) is 5.89. The minimum Gasteiger partial charge on any atom is -0.337 e. The number of anilines is 1. The van der Waals surface area contributed by atoms with Gasteiger partial charge in [0.2, 0.25) is 11.7 Å². The number of alkyl halides is 3. The van der Waals surface area contributed by atoms with E-state index in [1.807, 2.05) is 24.3 Å². The second-order valence-electron chi connectivity index (χ2n) is 6.82. The van der Waals surface area contributed by atoms with E-state index in [1.54, 1.807) is 0 Å². The highest BCUT2D eigenvalue weighted by Crippen LogP contribution is 2.34. The van der Waals surface area contributed by atoms with Crippen molar-refractivity contribution in [2.24, 2.45) is 0 Å². The summed E-state index contributed by atoms with van der Waals surface area (Å²) >= 11 is 3.37. The van der Waals surface area contributed by atoms with Crippen LogP contribution in [0.25, 0.3) is 11.4 Å². The fourth-order valence-corrected chi connectivity index (χ4v) is 3.59. The summed E-state index contributed by atoms with van der Waals surface area (Å²) in [6.45, 7) is 0.436. The molecule has 3 aromatic rings. The smallest absolute Gasteiger partial charge is 0.337 e. The molecule has 0 aliphatic carbocycles. The maximum atomic E-state index is 12.9. The normalized spacial score (nSPS) is 16.7. The van der Waals surface area contributed by atoms with Crippen LogP contribution in [0.1, 0.15) is 30.3 Å². The second kappa shape index (κ2) is 8.10. The van der Waals surface area contributed by atoms with E-state index in [2.05, 4.69) is 31.4 Å². The van der Waals surface area contributed by atoms with E-state index < -0.39 is 23.8 Å². The van der Waals surface area contributed by atoms with Crippen LogP contribution in [0.5, 0.6) is 0 Å². The van der Waals surface area contributed by atoms with Gasteiger partial charge in [-0.1, -0.05) is 27.2 Å². The molecule has 1 aromatic heterocycles. The number of halogens is 4. The summed E-state index contributed by atoms with van der Waals surface area (Å²) in [5.41, 5.74) is 0.0158. The van der Waals surface area contributed by atoms with Crippen LogP contribution >= 0.6 is 15.9 Å². The maximum absolute atomic E-state index is 12.9. The summed E-state index contributed by atoms with van der Waals surface area (Å²) in [6.07, 6.45) is -3.14. The molecular formula is C20H16BrF3N4O2. The Bertz CT molecular complexity index is 1050. The van der Waals surface area contributed by atoms with Gasteiger partial charge in [-0.25, -0.2) is 4.79 Å². The number of hydrogen-bond donors (Lipinski definition) is 1. The summed E-state index contributed by atoms with van der Waals surface area (Å²) < 4.78 is 45.0. The summed E-state index contributed by atoms with van der Waals surface area (Å²) in [6, 6.07) is 11.0. The molecular weight excluding hydrogens is 465 g/mol. The number of rotatable bonds is 3. The maximum Gasteiger partial charge on any atom is 0.416 e. The molecule has 1 aliphatic rings. The lowest BCUT2D eigenvalue weighted by atomic mass is 10.2. The molecule has 1 aliphatic heterocycles. The van der Waals surface area contributed by atoms with Gasteiger partial charge >= 0.3 is 12.2 Å². The van der Waals surface area contributed by atoms with Crippen molar-refractivity contribution in [3.8, 4) is 11.4 Å². The number of urea groups is 1. The van der Waals surface area contributed by atoms with Gasteiger partial charge in [0, 0.05) is 22.3 Å². The van der Waals surface area contributed by atoms with Gasteiger partial charge in [0.05, 0.1) is 5.56 Å². The Morgan fingerprint density at radius 1 is 1.20 bits per heavy atom. The molecule has 2 aromatic carbocycles. The van der Waals surface area contributed by atoms with E-state index in [0.29, 0.717) is 24.7 Å². The highest BCUT2D eigenvalue weighted by Gasteiger charge is 2.35. The number of carbonyl (C=O) groups excluding carboxylic acids is 1. The van der Waals surface area contributed by atoms with Crippen LogP contribution in [0.15, 0.2) is 57.5 Å². The van der Waals surface area contributed by atoms with Crippen molar-refractivity contribution in [2.75, 3.05) is 11.9 Å². The van der Waals surface area contributed by atoms with Crippen molar-refractivity contribution in [1.29, 1.82) is 0 Å². The first-order valence-corrected chi connectivity index (χ1v) is 9.95. The standard InChI is InChI=1S/C20H16BrF3N4O2/c21-14-8-6-12(7-9-14)17-26-18(30-27-17)16-5-2-10-28(16)19(29)25-15-4-1-3-13(11-15)20(22,23)24/h1,3-4,6-9,11,16H,2,5,10H2,(H,25,29). The second-order valence-corrected chi connectivity index (χ2v) is 7.74. The van der Waals surface area contributed by atoms with Gasteiger partial charge in [-0.3, -0.25) is 0 Å². The molecule has 0 bridgehead atoms. The van der Waals surface area contributed by atoms with Crippen molar-refractivity contribution in [2.45, 2.75) is 25.1 Å². The van der Waals surface area contributed by atoms with E-state index in [0.717, 1.165) is 28.6 Å². The molecule has 1 atom stereocenters. The van der Waals surface area contributed by atoms with E-state index in [9.17, 15) is 18.0 Å². The lowest BCUT2D eigenvalue weighted by molar-refractivity contribution is -0.137. The molecule has 1 unspecified atom stereocenters. The molecule has 1 N–H and O–H groups in total. The first kappa shape index (κ1) is 20.4. The fraction of sp³-hybridized carbons (Fsp3) is 0.250. The van der Waals surface area contributed by atoms with Gasteiger partial charge in [0.25, 0.3) is 0 Å². The Labute approximate surface area is 178 Å². The summed E-state index contributed by atoms with van der Waals surface area (Å²) in [7, 11) is 0. The molecule has 2 heterocycles. The van der Waals surface area contributed by atoms with Crippen molar-refractivity contribution in [3.63, 3.8) is 0 Å². The summed E-state index contributed by atoms with van der Waals surface area (Å²) in [4.78, 5) is 18.6. The topological polar surface area (TPSA) is 71.3 Å². The van der Waals surface area contributed by atoms with Crippen molar-refractivity contribution < 1.29 is 22.5 Å². The minimum absolute atomic E-state index is 0.0709. The molecule has 0 saturated carbocycles. The third-order valence-electron chi connectivity index (χ3n) is 4.78. The zero-order chi connectivity index (χ0) is 21.3. The Hall–Kier alpha value is -2.88. The van der Waals surface area contributed by atoms with Crippen molar-refractivity contribution in [1.82, 2.24) is 15.0 Å². The Morgan fingerprint density at radius 2 is 1.97 bits per heavy atom. The molecule has 30 heavy (non-hydrogen) atoms. The van der Waals surface area contributed by atoms with Gasteiger partial charge in [-0.05, 0) is 55.3 Å². The molecule has 1 saturated heterocycles. The lowest BCUT2D eigenvalue weighted by Crippen LogP contribution is -2.34. The van der Waals surface area contributed by atoms with Crippen LogP contribution in [0.4, 0.5) is 23.7 Å². The van der Waals surface area contributed by atoms with Gasteiger partial charge in [-0.15, -0.1) is 0 Å². The molecule has 0 spiro atoms. The number of carbonyl (C=O) groups is 1. The van der Waals surface area contributed by atoms with Crippen molar-refractivity contribution in [3.05, 3.63) is 64.5 Å². The summed E-state index contributed by atoms with van der Waals surface area (Å²) in [5, 5.41) is 6.53. The first-order valence-electron chi connectivity index (χ1n) is 9.16. The van der Waals surface area contributed by atoms with Crippen LogP contribution < -0.4 is 5.32 Å². The number of aromatic nitrogens is 2. The van der Waals surface area contributed by atoms with Crippen LogP contribution in [0.2, 0.25) is 0 Å². The average molecular weight is 481 g/mol. The molecule has 156 valence electrons. The number of amides is 2. The number of benzene rings is 2. The number of nitrogens with zero attached hydrogens (tertiary/aromatic N) is 3. The fourth-order valence-electron chi connectivity index (χ4n) is 3.32. The molecule has 10 heteroatoms. The van der Waals surface area contributed by atoms with Crippen LogP contribution in [-0.4, -0.2) is 27.6 Å². The van der Waals surface area contributed by atoms with Gasteiger partial charge in [-0.2, -0.15) is 18.2 Å². The predicted molar refractivity (Wildman–Crippen MR) is 107 cm³/mol. The first-order chi connectivity index (χ1) is 14.3. The van der Waals surface area contributed by atoms with Gasteiger partial charge in [0.15, 0.2) is 0 Å². The Morgan fingerprint density at radius 3 is 2.70 bits per heavy atom. The van der Waals surface area contributed by atoms with E-state index in [4.69, 9.17) is 4.52 Å². The number of likely N-dealkylation sites (tertiary alicyclic amines) is 1. The quantitative estimate of drug-likeness (QED) is 0.507. The van der Waals surface area contributed by atoms with Crippen LogP contribution in [-0.2, 0) is 6.18 Å². The van der Waals surface area contributed by atoms with Crippen molar-refractivity contribution >= 4 is 27.6 Å². The minimum atomic E-state index is -4.48. The summed E-state index contributed by atoms with van der Waals surface area (Å²) in [5.74, 6) is 0.701. The molecule has 6 nitrogen and oxygen atoms in total. The molecule has 2 amide bonds. The highest BCUT2D eigenvalue weighted by atomic mass is 79.9. The number of hydrogen-bond acceptors (Lipinski definition) is 4. The van der Waals surface area contributed by atoms with Gasteiger partial charge < -0.3 is 14.7 Å². The zero-order valence-electron chi connectivity index (χ0n) is 15.5. The molecule has 4 rings (SSSR count). The van der Waals surface area contributed by atoms with Crippen LogP contribution in [0.3, 0.4) is 0 Å². The Balaban J connectivity index is 1.50. The highest BCUT2D eigenvalue weighted by molar-refractivity contribution is 9.10. The Kier molecular flexibility index (Phi) is 5.50. The number of nitrogens with one attached hydrogen (secondary N) is 1. The SMILES string of the molecule is O=C(Nc1cccc(C(F)(F)F)c1)N1CCCC1c1nc(-c2ccc(Br)cc2)no1. The largest absolute Gasteiger partial charge is 0.416 e. The molecule has 0 radical (unpaired) electrons.